The van der Waals surface area contributed by atoms with Crippen LogP contribution in [0.5, 0.6) is 0 Å². The van der Waals surface area contributed by atoms with Crippen LogP contribution < -0.4 is 5.32 Å². The summed E-state index contributed by atoms with van der Waals surface area (Å²) in [5, 5.41) is 13.3. The number of hydrogen-bond donors (Lipinski definition) is 2. The van der Waals surface area contributed by atoms with Crippen molar-refractivity contribution in [1.29, 1.82) is 0 Å². The van der Waals surface area contributed by atoms with Gasteiger partial charge in [0.05, 0.1) is 11.7 Å². The first-order valence-electron chi connectivity index (χ1n) is 7.74. The number of fused-ring (bicyclic) bond motifs is 1. The van der Waals surface area contributed by atoms with E-state index in [1.807, 2.05) is 0 Å². The number of halogens is 2. The van der Waals surface area contributed by atoms with Gasteiger partial charge in [0.15, 0.2) is 0 Å². The average molecular weight is 296 g/mol. The lowest BCUT2D eigenvalue weighted by atomic mass is 9.97. The molecular formula is C16H22F2N2O. The van der Waals surface area contributed by atoms with Crippen LogP contribution in [-0.2, 0) is 0 Å². The maximum Gasteiger partial charge on any atom is 0.131 e. The number of aliphatic hydroxyl groups is 1. The van der Waals surface area contributed by atoms with Gasteiger partial charge in [0.1, 0.15) is 11.6 Å². The fraction of sp³-hybridized carbons (Fsp3) is 0.625. The van der Waals surface area contributed by atoms with Crippen LogP contribution in [0.2, 0.25) is 0 Å². The summed E-state index contributed by atoms with van der Waals surface area (Å²) >= 11 is 0. The molecule has 3 nitrogen and oxygen atoms in total. The van der Waals surface area contributed by atoms with E-state index in [1.165, 1.54) is 37.6 Å². The van der Waals surface area contributed by atoms with Crippen LogP contribution in [0.4, 0.5) is 8.78 Å². The van der Waals surface area contributed by atoms with Crippen molar-refractivity contribution in [3.63, 3.8) is 0 Å². The Morgan fingerprint density at radius 2 is 2.00 bits per heavy atom. The SMILES string of the molecule is OC(CNC1CCN2CCCC2C1)c1c(F)cccc1F. The van der Waals surface area contributed by atoms with Crippen LogP contribution in [0.15, 0.2) is 18.2 Å². The Kier molecular flexibility index (Phi) is 4.52. The van der Waals surface area contributed by atoms with E-state index in [4.69, 9.17) is 0 Å². The van der Waals surface area contributed by atoms with Crippen molar-refractivity contribution in [3.8, 4) is 0 Å². The first kappa shape index (κ1) is 14.9. The van der Waals surface area contributed by atoms with Gasteiger partial charge in [-0.3, -0.25) is 0 Å². The first-order chi connectivity index (χ1) is 10.1. The average Bonchev–Trinajstić information content (AvgIpc) is 2.92. The van der Waals surface area contributed by atoms with Crippen molar-refractivity contribution < 1.29 is 13.9 Å². The van der Waals surface area contributed by atoms with Crippen molar-refractivity contribution in [1.82, 2.24) is 10.2 Å². The molecule has 0 saturated carbocycles. The predicted octanol–water partition coefficient (Wildman–Crippen LogP) is 2.21. The van der Waals surface area contributed by atoms with Gasteiger partial charge >= 0.3 is 0 Å². The highest BCUT2D eigenvalue weighted by atomic mass is 19.1. The molecule has 3 unspecified atom stereocenters. The van der Waals surface area contributed by atoms with E-state index in [0.717, 1.165) is 19.4 Å². The Hall–Kier alpha value is -1.04. The summed E-state index contributed by atoms with van der Waals surface area (Å²) in [5.74, 6) is -1.37. The molecule has 0 bridgehead atoms. The smallest absolute Gasteiger partial charge is 0.131 e. The van der Waals surface area contributed by atoms with E-state index >= 15 is 0 Å². The van der Waals surface area contributed by atoms with E-state index in [0.29, 0.717) is 12.1 Å². The third-order valence-corrected chi connectivity index (χ3v) is 4.75. The molecule has 2 saturated heterocycles. The van der Waals surface area contributed by atoms with Crippen molar-refractivity contribution in [2.45, 2.75) is 43.9 Å². The quantitative estimate of drug-likeness (QED) is 0.894. The van der Waals surface area contributed by atoms with Crippen molar-refractivity contribution in [3.05, 3.63) is 35.4 Å². The Morgan fingerprint density at radius 3 is 2.76 bits per heavy atom. The number of nitrogens with zero attached hydrogens (tertiary/aromatic N) is 1. The van der Waals surface area contributed by atoms with E-state index in [1.54, 1.807) is 0 Å². The molecule has 21 heavy (non-hydrogen) atoms. The largest absolute Gasteiger partial charge is 0.387 e. The van der Waals surface area contributed by atoms with Crippen molar-refractivity contribution in [2.24, 2.45) is 0 Å². The van der Waals surface area contributed by atoms with Gasteiger partial charge in [-0.2, -0.15) is 0 Å². The normalized spacial score (nSPS) is 27.6. The van der Waals surface area contributed by atoms with E-state index in [-0.39, 0.29) is 12.1 Å². The van der Waals surface area contributed by atoms with Gasteiger partial charge in [0, 0.05) is 18.6 Å². The molecule has 0 aromatic heterocycles. The van der Waals surface area contributed by atoms with Gasteiger partial charge in [-0.25, -0.2) is 8.78 Å². The molecule has 116 valence electrons. The molecule has 2 heterocycles. The number of hydrogen-bond acceptors (Lipinski definition) is 3. The van der Waals surface area contributed by atoms with Crippen LogP contribution in [0.3, 0.4) is 0 Å². The number of rotatable bonds is 4. The van der Waals surface area contributed by atoms with Gasteiger partial charge in [0.25, 0.3) is 0 Å². The lowest BCUT2D eigenvalue weighted by Crippen LogP contribution is -2.46. The van der Waals surface area contributed by atoms with Gasteiger partial charge in [-0.05, 0) is 50.9 Å². The van der Waals surface area contributed by atoms with Crippen LogP contribution in [0, 0.1) is 11.6 Å². The molecule has 2 aliphatic rings. The van der Waals surface area contributed by atoms with E-state index in [2.05, 4.69) is 10.2 Å². The number of piperidine rings is 1. The second-order valence-corrected chi connectivity index (χ2v) is 6.11. The van der Waals surface area contributed by atoms with Crippen LogP contribution in [0.25, 0.3) is 0 Å². The Bertz CT molecular complexity index is 477. The lowest BCUT2D eigenvalue weighted by molar-refractivity contribution is 0.134. The van der Waals surface area contributed by atoms with Crippen molar-refractivity contribution >= 4 is 0 Å². The first-order valence-corrected chi connectivity index (χ1v) is 7.74. The summed E-state index contributed by atoms with van der Waals surface area (Å²) in [6.45, 7) is 2.46. The van der Waals surface area contributed by atoms with Gasteiger partial charge < -0.3 is 15.3 Å². The summed E-state index contributed by atoms with van der Waals surface area (Å²) in [6, 6.07) is 4.63. The van der Waals surface area contributed by atoms with Gasteiger partial charge in [-0.1, -0.05) is 6.07 Å². The number of benzene rings is 1. The zero-order valence-electron chi connectivity index (χ0n) is 12.1. The second kappa shape index (κ2) is 6.38. The zero-order valence-corrected chi connectivity index (χ0v) is 12.1. The molecule has 2 aliphatic heterocycles. The summed E-state index contributed by atoms with van der Waals surface area (Å²) in [6.07, 6.45) is 3.45. The molecule has 0 amide bonds. The monoisotopic (exact) mass is 296 g/mol. The maximum atomic E-state index is 13.6. The molecule has 1 aromatic rings. The van der Waals surface area contributed by atoms with Crippen LogP contribution in [-0.4, -0.2) is 41.7 Å². The Morgan fingerprint density at radius 1 is 1.24 bits per heavy atom. The molecule has 0 spiro atoms. The zero-order chi connectivity index (χ0) is 14.8. The summed E-state index contributed by atoms with van der Waals surface area (Å²) < 4.78 is 27.2. The fourth-order valence-corrected chi connectivity index (χ4v) is 3.62. The van der Waals surface area contributed by atoms with Crippen molar-refractivity contribution in [2.75, 3.05) is 19.6 Å². The number of aliphatic hydroxyl groups excluding tert-OH is 1. The Balaban J connectivity index is 1.55. The van der Waals surface area contributed by atoms with E-state index < -0.39 is 17.7 Å². The molecule has 2 N–H and O–H groups in total. The second-order valence-electron chi connectivity index (χ2n) is 6.11. The van der Waals surface area contributed by atoms with Crippen LogP contribution >= 0.6 is 0 Å². The topological polar surface area (TPSA) is 35.5 Å². The highest BCUT2D eigenvalue weighted by Gasteiger charge is 2.31. The minimum atomic E-state index is -1.15. The summed E-state index contributed by atoms with van der Waals surface area (Å²) in [7, 11) is 0. The van der Waals surface area contributed by atoms with Crippen LogP contribution in [0.1, 0.15) is 37.4 Å². The minimum absolute atomic E-state index is 0.190. The maximum absolute atomic E-state index is 13.6. The molecule has 3 atom stereocenters. The molecule has 5 heteroatoms. The molecule has 1 aromatic carbocycles. The molecule has 3 rings (SSSR count). The highest BCUT2D eigenvalue weighted by molar-refractivity contribution is 5.22. The molecule has 2 fully saturated rings. The third kappa shape index (κ3) is 3.25. The minimum Gasteiger partial charge on any atom is -0.387 e. The molecule has 0 aliphatic carbocycles. The van der Waals surface area contributed by atoms with E-state index in [9.17, 15) is 13.9 Å². The summed E-state index contributed by atoms with van der Waals surface area (Å²) in [4.78, 5) is 2.52. The van der Waals surface area contributed by atoms with Gasteiger partial charge in [0.2, 0.25) is 0 Å². The standard InChI is InChI=1S/C16H22F2N2O/c17-13-4-1-5-14(18)16(13)15(21)10-19-11-6-8-20-7-2-3-12(20)9-11/h1,4-5,11-12,15,19,21H,2-3,6-10H2. The molecule has 0 radical (unpaired) electrons. The fourth-order valence-electron chi connectivity index (χ4n) is 3.62. The predicted molar refractivity (Wildman–Crippen MR) is 76.9 cm³/mol. The number of nitrogens with one attached hydrogen (secondary N) is 1. The summed E-state index contributed by atoms with van der Waals surface area (Å²) in [5.41, 5.74) is -0.233. The van der Waals surface area contributed by atoms with Gasteiger partial charge in [-0.15, -0.1) is 0 Å². The Labute approximate surface area is 124 Å². The third-order valence-electron chi connectivity index (χ3n) is 4.75. The highest BCUT2D eigenvalue weighted by Crippen LogP contribution is 2.27. The lowest BCUT2D eigenvalue weighted by Gasteiger charge is -2.35. The molecular weight excluding hydrogens is 274 g/mol.